The zero-order valence-electron chi connectivity index (χ0n) is 13.0. The van der Waals surface area contributed by atoms with Gasteiger partial charge in [-0.3, -0.25) is 4.99 Å². The Hall–Kier alpha value is -0.680. The maximum atomic E-state index is 4.25. The largest absolute Gasteiger partial charge is 0.356 e. The van der Waals surface area contributed by atoms with E-state index in [1.807, 2.05) is 18.8 Å². The highest BCUT2D eigenvalue weighted by Gasteiger charge is 1.98. The van der Waals surface area contributed by atoms with Gasteiger partial charge in [-0.05, 0) is 55.4 Å². The van der Waals surface area contributed by atoms with E-state index in [0.29, 0.717) is 0 Å². The summed E-state index contributed by atoms with van der Waals surface area (Å²) in [7, 11) is 1.82. The molecule has 0 heterocycles. The van der Waals surface area contributed by atoms with Crippen molar-refractivity contribution in [1.29, 1.82) is 0 Å². The first-order valence-electron chi connectivity index (χ1n) is 7.44. The van der Waals surface area contributed by atoms with Crippen LogP contribution < -0.4 is 10.6 Å². The van der Waals surface area contributed by atoms with Crippen molar-refractivity contribution < 1.29 is 0 Å². The first-order valence-corrected chi connectivity index (χ1v) is 9.63. The summed E-state index contributed by atoms with van der Waals surface area (Å²) in [5, 5.41) is 6.73. The predicted octanol–water partition coefficient (Wildman–Crippen LogP) is 3.69. The van der Waals surface area contributed by atoms with Crippen molar-refractivity contribution in [3.8, 4) is 0 Å². The van der Waals surface area contributed by atoms with Gasteiger partial charge in [0.25, 0.3) is 0 Å². The SMILES string of the molecule is CN=C(NCCCCSC)NCCCc1cccc(Br)c1. The molecule has 0 spiro atoms. The first-order chi connectivity index (χ1) is 10.3. The summed E-state index contributed by atoms with van der Waals surface area (Å²) in [6.45, 7) is 1.93. The summed E-state index contributed by atoms with van der Waals surface area (Å²) in [4.78, 5) is 4.25. The van der Waals surface area contributed by atoms with Crippen LogP contribution in [0.15, 0.2) is 33.7 Å². The van der Waals surface area contributed by atoms with E-state index in [4.69, 9.17) is 0 Å². The molecule has 1 rings (SSSR count). The number of rotatable bonds is 9. The van der Waals surface area contributed by atoms with Crippen molar-refractivity contribution in [2.45, 2.75) is 25.7 Å². The van der Waals surface area contributed by atoms with Gasteiger partial charge in [-0.15, -0.1) is 0 Å². The number of thioether (sulfide) groups is 1. The number of nitrogens with zero attached hydrogens (tertiary/aromatic N) is 1. The van der Waals surface area contributed by atoms with Crippen LogP contribution >= 0.6 is 27.7 Å². The van der Waals surface area contributed by atoms with E-state index in [0.717, 1.165) is 36.4 Å². The molecule has 2 N–H and O–H groups in total. The maximum absolute atomic E-state index is 4.25. The second kappa shape index (κ2) is 11.9. The average Bonchev–Trinajstić information content (AvgIpc) is 2.49. The van der Waals surface area contributed by atoms with Gasteiger partial charge in [-0.2, -0.15) is 11.8 Å². The van der Waals surface area contributed by atoms with E-state index in [9.17, 15) is 0 Å². The van der Waals surface area contributed by atoms with Crippen LogP contribution in [0.1, 0.15) is 24.8 Å². The van der Waals surface area contributed by atoms with E-state index in [1.165, 1.54) is 24.2 Å². The molecule has 0 unspecified atom stereocenters. The van der Waals surface area contributed by atoms with Crippen molar-refractivity contribution in [2.24, 2.45) is 4.99 Å². The minimum absolute atomic E-state index is 0.911. The highest BCUT2D eigenvalue weighted by Crippen LogP contribution is 2.12. The van der Waals surface area contributed by atoms with Crippen LogP contribution in [0.25, 0.3) is 0 Å². The van der Waals surface area contributed by atoms with Crippen LogP contribution in [0.5, 0.6) is 0 Å². The second-order valence-electron chi connectivity index (χ2n) is 4.86. The number of nitrogens with one attached hydrogen (secondary N) is 2. The summed E-state index contributed by atoms with van der Waals surface area (Å²) in [5.41, 5.74) is 1.37. The Morgan fingerprint density at radius 3 is 2.62 bits per heavy atom. The van der Waals surface area contributed by atoms with Gasteiger partial charge in [0.05, 0.1) is 0 Å². The standard InChI is InChI=1S/C16H26BrN3S/c1-18-16(19-10-3-4-12-21-2)20-11-6-8-14-7-5-9-15(17)13-14/h5,7,9,13H,3-4,6,8,10-12H2,1-2H3,(H2,18,19,20). The Morgan fingerprint density at radius 2 is 1.95 bits per heavy atom. The number of halogens is 1. The third-order valence-electron chi connectivity index (χ3n) is 3.11. The second-order valence-corrected chi connectivity index (χ2v) is 6.76. The minimum Gasteiger partial charge on any atom is -0.356 e. The Kier molecular flexibility index (Phi) is 10.4. The molecule has 0 saturated carbocycles. The normalized spacial score (nSPS) is 11.5. The van der Waals surface area contributed by atoms with Crippen LogP contribution in [-0.4, -0.2) is 38.1 Å². The fraction of sp³-hybridized carbons (Fsp3) is 0.562. The molecule has 5 heteroatoms. The average molecular weight is 372 g/mol. The number of hydrogen-bond donors (Lipinski definition) is 2. The molecule has 3 nitrogen and oxygen atoms in total. The molecule has 0 bridgehead atoms. The highest BCUT2D eigenvalue weighted by molar-refractivity contribution is 9.10. The number of aryl methyl sites for hydroxylation is 1. The summed E-state index contributed by atoms with van der Waals surface area (Å²) in [6.07, 6.45) is 6.79. The predicted molar refractivity (Wildman–Crippen MR) is 99.4 cm³/mol. The van der Waals surface area contributed by atoms with Crippen LogP contribution in [0.2, 0.25) is 0 Å². The molecule has 0 atom stereocenters. The quantitative estimate of drug-likeness (QED) is 0.394. The van der Waals surface area contributed by atoms with Gasteiger partial charge >= 0.3 is 0 Å². The number of benzene rings is 1. The van der Waals surface area contributed by atoms with Gasteiger partial charge in [0.15, 0.2) is 5.96 Å². The van der Waals surface area contributed by atoms with Gasteiger partial charge in [-0.25, -0.2) is 0 Å². The third kappa shape index (κ3) is 9.04. The highest BCUT2D eigenvalue weighted by atomic mass is 79.9. The minimum atomic E-state index is 0.911. The van der Waals surface area contributed by atoms with E-state index in [2.05, 4.69) is 62.1 Å². The molecule has 0 aliphatic rings. The van der Waals surface area contributed by atoms with Crippen LogP contribution in [-0.2, 0) is 6.42 Å². The molecule has 1 aromatic rings. The third-order valence-corrected chi connectivity index (χ3v) is 4.31. The Balaban J connectivity index is 2.12. The van der Waals surface area contributed by atoms with E-state index < -0.39 is 0 Å². The zero-order chi connectivity index (χ0) is 15.3. The lowest BCUT2D eigenvalue weighted by Gasteiger charge is -2.11. The smallest absolute Gasteiger partial charge is 0.190 e. The molecule has 0 amide bonds. The topological polar surface area (TPSA) is 36.4 Å². The lowest BCUT2D eigenvalue weighted by atomic mass is 10.1. The molecule has 1 aromatic carbocycles. The number of guanidine groups is 1. The Morgan fingerprint density at radius 1 is 1.19 bits per heavy atom. The maximum Gasteiger partial charge on any atom is 0.190 e. The monoisotopic (exact) mass is 371 g/mol. The van der Waals surface area contributed by atoms with Crippen LogP contribution in [0.3, 0.4) is 0 Å². The van der Waals surface area contributed by atoms with Crippen molar-refractivity contribution >= 4 is 33.7 Å². The molecular weight excluding hydrogens is 346 g/mol. The van der Waals surface area contributed by atoms with Crippen molar-refractivity contribution in [1.82, 2.24) is 10.6 Å². The number of aliphatic imine (C=N–C) groups is 1. The molecular formula is C16H26BrN3S. The molecule has 0 fully saturated rings. The van der Waals surface area contributed by atoms with E-state index >= 15 is 0 Å². The zero-order valence-corrected chi connectivity index (χ0v) is 15.4. The van der Waals surface area contributed by atoms with Gasteiger partial charge < -0.3 is 10.6 Å². The summed E-state index contributed by atoms with van der Waals surface area (Å²) >= 11 is 5.41. The van der Waals surface area contributed by atoms with Crippen LogP contribution in [0, 0.1) is 0 Å². The lowest BCUT2D eigenvalue weighted by Crippen LogP contribution is -2.38. The van der Waals surface area contributed by atoms with Gasteiger partial charge in [0.1, 0.15) is 0 Å². The Bertz CT molecular complexity index is 424. The van der Waals surface area contributed by atoms with Crippen LogP contribution in [0.4, 0.5) is 0 Å². The molecule has 0 aliphatic heterocycles. The first kappa shape index (κ1) is 18.4. The van der Waals surface area contributed by atoms with Gasteiger partial charge in [0.2, 0.25) is 0 Å². The van der Waals surface area contributed by atoms with Gasteiger partial charge in [0, 0.05) is 24.6 Å². The van der Waals surface area contributed by atoms with E-state index in [-0.39, 0.29) is 0 Å². The van der Waals surface area contributed by atoms with Crippen molar-refractivity contribution in [3.63, 3.8) is 0 Å². The molecule has 0 saturated heterocycles. The molecule has 0 aliphatic carbocycles. The lowest BCUT2D eigenvalue weighted by molar-refractivity contribution is 0.713. The number of unbranched alkanes of at least 4 members (excludes halogenated alkanes) is 1. The fourth-order valence-electron chi connectivity index (χ4n) is 1.99. The van der Waals surface area contributed by atoms with Crippen molar-refractivity contribution in [3.05, 3.63) is 34.3 Å². The Labute approximate surface area is 141 Å². The summed E-state index contributed by atoms with van der Waals surface area (Å²) in [5.74, 6) is 2.15. The summed E-state index contributed by atoms with van der Waals surface area (Å²) in [6, 6.07) is 8.49. The molecule has 21 heavy (non-hydrogen) atoms. The molecule has 118 valence electrons. The molecule has 0 aromatic heterocycles. The number of hydrogen-bond acceptors (Lipinski definition) is 2. The summed E-state index contributed by atoms with van der Waals surface area (Å²) < 4.78 is 1.15. The van der Waals surface area contributed by atoms with Crippen molar-refractivity contribution in [2.75, 3.05) is 32.1 Å². The molecule has 0 radical (unpaired) electrons. The van der Waals surface area contributed by atoms with Gasteiger partial charge in [-0.1, -0.05) is 28.1 Å². The fourth-order valence-corrected chi connectivity index (χ4v) is 2.93. The van der Waals surface area contributed by atoms with E-state index in [1.54, 1.807) is 0 Å².